The minimum atomic E-state index is -0.533. The molecule has 2 heterocycles. The molecule has 0 saturated carbocycles. The van der Waals surface area contributed by atoms with E-state index in [2.05, 4.69) is 10.1 Å². The standard InChI is InChI=1S/C11H15N3O2/c1-3-11(12,4-2)10-13-9(14-16-10)8-5-6-15-7-8/h5-7H,3-4,12H2,1-2H3. The van der Waals surface area contributed by atoms with E-state index in [0.29, 0.717) is 11.7 Å². The third-order valence-corrected chi connectivity index (χ3v) is 2.89. The third kappa shape index (κ3) is 1.74. The summed E-state index contributed by atoms with van der Waals surface area (Å²) < 4.78 is 10.2. The molecule has 2 rings (SSSR count). The first-order valence-electron chi connectivity index (χ1n) is 5.35. The lowest BCUT2D eigenvalue weighted by Gasteiger charge is -2.20. The van der Waals surface area contributed by atoms with Crippen molar-refractivity contribution in [3.63, 3.8) is 0 Å². The Morgan fingerprint density at radius 2 is 2.12 bits per heavy atom. The Bertz CT molecular complexity index is 444. The molecule has 0 aliphatic heterocycles. The smallest absolute Gasteiger partial charge is 0.247 e. The van der Waals surface area contributed by atoms with Gasteiger partial charge in [0, 0.05) is 0 Å². The Morgan fingerprint density at radius 3 is 2.69 bits per heavy atom. The van der Waals surface area contributed by atoms with Gasteiger partial charge in [-0.05, 0) is 18.9 Å². The van der Waals surface area contributed by atoms with Crippen molar-refractivity contribution < 1.29 is 8.94 Å². The highest BCUT2D eigenvalue weighted by molar-refractivity contribution is 5.51. The van der Waals surface area contributed by atoms with Crippen LogP contribution in [0.5, 0.6) is 0 Å². The Balaban J connectivity index is 2.33. The summed E-state index contributed by atoms with van der Waals surface area (Å²) in [6.45, 7) is 4.01. The summed E-state index contributed by atoms with van der Waals surface area (Å²) in [5.74, 6) is 0.995. The van der Waals surface area contributed by atoms with Crippen molar-refractivity contribution in [2.45, 2.75) is 32.2 Å². The van der Waals surface area contributed by atoms with Crippen molar-refractivity contribution in [2.75, 3.05) is 0 Å². The molecule has 0 bridgehead atoms. The lowest BCUT2D eigenvalue weighted by molar-refractivity contribution is 0.268. The second-order valence-corrected chi connectivity index (χ2v) is 3.80. The van der Waals surface area contributed by atoms with Crippen molar-refractivity contribution in [3.8, 4) is 11.4 Å². The second-order valence-electron chi connectivity index (χ2n) is 3.80. The van der Waals surface area contributed by atoms with Crippen molar-refractivity contribution >= 4 is 0 Å². The quantitative estimate of drug-likeness (QED) is 0.857. The van der Waals surface area contributed by atoms with Gasteiger partial charge in [0.25, 0.3) is 0 Å². The summed E-state index contributed by atoms with van der Waals surface area (Å²) in [7, 11) is 0. The van der Waals surface area contributed by atoms with Gasteiger partial charge in [0.15, 0.2) is 0 Å². The molecule has 2 aromatic rings. The molecule has 0 saturated heterocycles. The number of nitrogens with two attached hydrogens (primary N) is 1. The first-order chi connectivity index (χ1) is 7.69. The van der Waals surface area contributed by atoms with Crippen LogP contribution in [0, 0.1) is 0 Å². The second kappa shape index (κ2) is 4.09. The van der Waals surface area contributed by atoms with Crippen LogP contribution in [0.25, 0.3) is 11.4 Å². The summed E-state index contributed by atoms with van der Waals surface area (Å²) in [5, 5.41) is 3.89. The van der Waals surface area contributed by atoms with Gasteiger partial charge < -0.3 is 14.7 Å². The van der Waals surface area contributed by atoms with E-state index in [-0.39, 0.29) is 0 Å². The van der Waals surface area contributed by atoms with Gasteiger partial charge in [0.1, 0.15) is 6.26 Å². The van der Waals surface area contributed by atoms with Crippen LogP contribution in [0.4, 0.5) is 0 Å². The Morgan fingerprint density at radius 1 is 1.38 bits per heavy atom. The highest BCUT2D eigenvalue weighted by Gasteiger charge is 2.30. The van der Waals surface area contributed by atoms with Gasteiger partial charge >= 0.3 is 0 Å². The molecular weight excluding hydrogens is 206 g/mol. The van der Waals surface area contributed by atoms with E-state index >= 15 is 0 Å². The number of nitrogens with zero attached hydrogens (tertiary/aromatic N) is 2. The molecule has 2 aromatic heterocycles. The Hall–Kier alpha value is -1.62. The van der Waals surface area contributed by atoms with Gasteiger partial charge in [0.05, 0.1) is 17.4 Å². The number of furan rings is 1. The normalized spacial score (nSPS) is 11.9. The first-order valence-corrected chi connectivity index (χ1v) is 5.35. The van der Waals surface area contributed by atoms with Crippen LogP contribution in [0.1, 0.15) is 32.6 Å². The SMILES string of the molecule is CCC(N)(CC)c1nc(-c2ccoc2)no1. The zero-order chi connectivity index (χ0) is 11.6. The minimum Gasteiger partial charge on any atom is -0.472 e. The minimum absolute atomic E-state index is 0.480. The molecule has 0 amide bonds. The molecule has 0 aromatic carbocycles. The molecule has 0 fully saturated rings. The lowest BCUT2D eigenvalue weighted by Crippen LogP contribution is -2.35. The Labute approximate surface area is 93.6 Å². The molecule has 0 spiro atoms. The van der Waals surface area contributed by atoms with Crippen LogP contribution in [0.3, 0.4) is 0 Å². The number of hydrogen-bond acceptors (Lipinski definition) is 5. The van der Waals surface area contributed by atoms with Crippen LogP contribution in [-0.4, -0.2) is 10.1 Å². The van der Waals surface area contributed by atoms with E-state index < -0.39 is 5.54 Å². The van der Waals surface area contributed by atoms with Gasteiger partial charge in [-0.2, -0.15) is 4.98 Å². The molecule has 5 nitrogen and oxygen atoms in total. The largest absolute Gasteiger partial charge is 0.472 e. The average Bonchev–Trinajstić information content (AvgIpc) is 2.97. The van der Waals surface area contributed by atoms with Crippen molar-refractivity contribution in [2.24, 2.45) is 5.73 Å². The van der Waals surface area contributed by atoms with Gasteiger partial charge in [-0.3, -0.25) is 0 Å². The van der Waals surface area contributed by atoms with Crippen molar-refractivity contribution in [1.29, 1.82) is 0 Å². The fourth-order valence-corrected chi connectivity index (χ4v) is 1.49. The number of aromatic nitrogens is 2. The van der Waals surface area contributed by atoms with E-state index in [4.69, 9.17) is 14.7 Å². The van der Waals surface area contributed by atoms with E-state index in [1.165, 1.54) is 0 Å². The number of rotatable bonds is 4. The summed E-state index contributed by atoms with van der Waals surface area (Å²) in [6.07, 6.45) is 4.67. The molecular formula is C11H15N3O2. The summed E-state index contributed by atoms with van der Waals surface area (Å²) >= 11 is 0. The van der Waals surface area contributed by atoms with E-state index in [1.807, 2.05) is 13.8 Å². The molecule has 86 valence electrons. The maximum Gasteiger partial charge on any atom is 0.247 e. The third-order valence-electron chi connectivity index (χ3n) is 2.89. The molecule has 0 unspecified atom stereocenters. The molecule has 0 radical (unpaired) electrons. The fourth-order valence-electron chi connectivity index (χ4n) is 1.49. The topological polar surface area (TPSA) is 78.1 Å². The molecule has 0 aliphatic carbocycles. The highest BCUT2D eigenvalue weighted by atomic mass is 16.5. The maximum absolute atomic E-state index is 6.16. The first kappa shape index (κ1) is 10.9. The zero-order valence-electron chi connectivity index (χ0n) is 9.43. The average molecular weight is 221 g/mol. The highest BCUT2D eigenvalue weighted by Crippen LogP contribution is 2.26. The number of hydrogen-bond donors (Lipinski definition) is 1. The summed E-state index contributed by atoms with van der Waals surface area (Å²) in [6, 6.07) is 1.78. The van der Waals surface area contributed by atoms with Crippen LogP contribution in [0.15, 0.2) is 27.5 Å². The fraction of sp³-hybridized carbons (Fsp3) is 0.455. The van der Waals surface area contributed by atoms with Gasteiger partial charge in [-0.15, -0.1) is 0 Å². The summed E-state index contributed by atoms with van der Waals surface area (Å²) in [5.41, 5.74) is 6.43. The van der Waals surface area contributed by atoms with Crippen LogP contribution < -0.4 is 5.73 Å². The predicted molar refractivity (Wildman–Crippen MR) is 58.4 cm³/mol. The maximum atomic E-state index is 6.16. The Kier molecular flexibility index (Phi) is 2.78. The van der Waals surface area contributed by atoms with Crippen LogP contribution >= 0.6 is 0 Å². The molecule has 2 N–H and O–H groups in total. The summed E-state index contributed by atoms with van der Waals surface area (Å²) in [4.78, 5) is 4.30. The van der Waals surface area contributed by atoms with Crippen LogP contribution in [0.2, 0.25) is 0 Å². The molecule has 5 heteroatoms. The van der Waals surface area contributed by atoms with Crippen molar-refractivity contribution in [1.82, 2.24) is 10.1 Å². The van der Waals surface area contributed by atoms with Gasteiger partial charge in [-0.25, -0.2) is 0 Å². The molecule has 0 atom stereocenters. The van der Waals surface area contributed by atoms with Crippen molar-refractivity contribution in [3.05, 3.63) is 24.5 Å². The van der Waals surface area contributed by atoms with E-state index in [0.717, 1.165) is 18.4 Å². The van der Waals surface area contributed by atoms with Crippen LogP contribution in [-0.2, 0) is 5.54 Å². The van der Waals surface area contributed by atoms with Gasteiger partial charge in [0.2, 0.25) is 11.7 Å². The monoisotopic (exact) mass is 221 g/mol. The lowest BCUT2D eigenvalue weighted by atomic mass is 9.94. The van der Waals surface area contributed by atoms with E-state index in [9.17, 15) is 0 Å². The van der Waals surface area contributed by atoms with E-state index in [1.54, 1.807) is 18.6 Å². The molecule has 0 aliphatic rings. The molecule has 16 heavy (non-hydrogen) atoms. The zero-order valence-corrected chi connectivity index (χ0v) is 9.43. The van der Waals surface area contributed by atoms with Gasteiger partial charge in [-0.1, -0.05) is 19.0 Å². The predicted octanol–water partition coefficient (Wildman–Crippen LogP) is 2.30.